The highest BCUT2D eigenvalue weighted by Gasteiger charge is 2.26. The number of carbonyl (C=O) groups is 1. The number of benzene rings is 1. The summed E-state index contributed by atoms with van der Waals surface area (Å²) in [5.74, 6) is -0.558. The number of carbonyl (C=O) groups excluding carboxylic acids is 1. The number of halogens is 2. The number of ether oxygens (including phenoxy) is 1. The maximum absolute atomic E-state index is 13.3. The van der Waals surface area contributed by atoms with Crippen LogP contribution >= 0.6 is 9.24 Å². The van der Waals surface area contributed by atoms with Gasteiger partial charge in [0.1, 0.15) is 5.69 Å². The fraction of sp³-hybridized carbons (Fsp3) is 0.143. The third-order valence-corrected chi connectivity index (χ3v) is 3.14. The van der Waals surface area contributed by atoms with Gasteiger partial charge in [0.05, 0.1) is 18.4 Å². The number of nitrogen functional groups attached to an aromatic ring is 1. The molecule has 1 heterocycles. The first-order valence-corrected chi connectivity index (χ1v) is 6.53. The molecule has 0 spiro atoms. The first kappa shape index (κ1) is 15.3. The summed E-state index contributed by atoms with van der Waals surface area (Å²) < 4.78 is 31.1. The zero-order valence-electron chi connectivity index (χ0n) is 11.1. The monoisotopic (exact) mass is 310 g/mol. The molecule has 1 unspecified atom stereocenters. The number of anilines is 1. The molecule has 0 aliphatic rings. The van der Waals surface area contributed by atoms with Gasteiger partial charge in [0.25, 0.3) is 5.66 Å². The van der Waals surface area contributed by atoms with E-state index < -0.39 is 11.6 Å². The number of aromatic nitrogens is 1. The molecular weight excluding hydrogens is 297 g/mol. The molecule has 21 heavy (non-hydrogen) atoms. The molecule has 0 amide bonds. The molecule has 0 radical (unpaired) electrons. The van der Waals surface area contributed by atoms with E-state index in [2.05, 4.69) is 9.72 Å². The summed E-state index contributed by atoms with van der Waals surface area (Å²) >= 11 is 0. The number of methoxy groups -OCH3 is 1. The van der Waals surface area contributed by atoms with Crippen molar-refractivity contribution in [2.75, 3.05) is 12.8 Å². The van der Waals surface area contributed by atoms with Crippen LogP contribution < -0.4 is 5.73 Å². The average Bonchev–Trinajstić information content (AvgIpc) is 2.45. The van der Waals surface area contributed by atoms with Gasteiger partial charge >= 0.3 is 5.97 Å². The smallest absolute Gasteiger partial charge is 0.339 e. The Kier molecular flexibility index (Phi) is 4.19. The van der Waals surface area contributed by atoms with Crippen LogP contribution in [0.1, 0.15) is 16.1 Å². The number of alkyl halides is 2. The predicted molar refractivity (Wildman–Crippen MR) is 79.0 cm³/mol. The van der Waals surface area contributed by atoms with E-state index in [1.165, 1.54) is 40.6 Å². The summed E-state index contributed by atoms with van der Waals surface area (Å²) in [5.41, 5.74) is 3.61. The van der Waals surface area contributed by atoms with Crippen molar-refractivity contribution in [2.45, 2.75) is 5.66 Å². The van der Waals surface area contributed by atoms with Crippen molar-refractivity contribution in [3.8, 4) is 11.3 Å². The largest absolute Gasteiger partial charge is 0.465 e. The number of hydrogen-bond donors (Lipinski definition) is 1. The van der Waals surface area contributed by atoms with E-state index in [1.54, 1.807) is 12.1 Å². The SMILES string of the molecule is COC(=O)c1ccc(-c2cccc(C(F)(F)P)n2)cc1N. The van der Waals surface area contributed by atoms with Crippen LogP contribution in [-0.2, 0) is 10.4 Å². The summed E-state index contributed by atoms with van der Waals surface area (Å²) in [6.07, 6.45) is 0. The summed E-state index contributed by atoms with van der Waals surface area (Å²) in [5, 5.41) is 0. The van der Waals surface area contributed by atoms with Gasteiger partial charge in [-0.3, -0.25) is 0 Å². The van der Waals surface area contributed by atoms with Crippen LogP contribution in [0.4, 0.5) is 14.5 Å². The number of nitrogens with zero attached hydrogens (tertiary/aromatic N) is 1. The Bertz CT molecular complexity index is 687. The molecule has 0 saturated heterocycles. The van der Waals surface area contributed by atoms with Crippen molar-refractivity contribution in [2.24, 2.45) is 0 Å². The fourth-order valence-electron chi connectivity index (χ4n) is 1.80. The van der Waals surface area contributed by atoms with Gasteiger partial charge in [0, 0.05) is 11.3 Å². The third-order valence-electron chi connectivity index (χ3n) is 2.84. The van der Waals surface area contributed by atoms with Gasteiger partial charge in [-0.25, -0.2) is 9.78 Å². The number of esters is 1. The van der Waals surface area contributed by atoms with Crippen LogP contribution in [0.5, 0.6) is 0 Å². The van der Waals surface area contributed by atoms with Crippen molar-refractivity contribution in [1.82, 2.24) is 4.98 Å². The van der Waals surface area contributed by atoms with Crippen LogP contribution in [-0.4, -0.2) is 18.1 Å². The van der Waals surface area contributed by atoms with Crippen LogP contribution in [0.25, 0.3) is 11.3 Å². The van der Waals surface area contributed by atoms with E-state index in [0.717, 1.165) is 0 Å². The summed E-state index contributed by atoms with van der Waals surface area (Å²) in [6, 6.07) is 8.87. The van der Waals surface area contributed by atoms with Crippen LogP contribution in [0.15, 0.2) is 36.4 Å². The topological polar surface area (TPSA) is 65.2 Å². The molecule has 1 atom stereocenters. The zero-order chi connectivity index (χ0) is 15.6. The van der Waals surface area contributed by atoms with Crippen molar-refractivity contribution in [3.05, 3.63) is 47.7 Å². The predicted octanol–water partition coefficient (Wildman–Crippen LogP) is 3.04. The molecule has 2 N–H and O–H groups in total. The minimum atomic E-state index is -3.10. The molecule has 0 bridgehead atoms. The van der Waals surface area contributed by atoms with Crippen molar-refractivity contribution >= 4 is 20.9 Å². The third kappa shape index (κ3) is 3.34. The minimum Gasteiger partial charge on any atom is -0.465 e. The number of pyridine rings is 1. The fourth-order valence-corrected chi connectivity index (χ4v) is 1.96. The molecule has 7 heteroatoms. The highest BCUT2D eigenvalue weighted by Crippen LogP contribution is 2.34. The Hall–Kier alpha value is -2.07. The lowest BCUT2D eigenvalue weighted by atomic mass is 10.1. The number of nitrogens with two attached hydrogens (primary N) is 1. The van der Waals surface area contributed by atoms with Gasteiger partial charge in [-0.05, 0) is 24.3 Å². The maximum atomic E-state index is 13.3. The van der Waals surface area contributed by atoms with Crippen LogP contribution in [0.3, 0.4) is 0 Å². The Morgan fingerprint density at radius 2 is 2.05 bits per heavy atom. The average molecular weight is 310 g/mol. The summed E-state index contributed by atoms with van der Waals surface area (Å²) in [7, 11) is 2.70. The Labute approximate surface area is 122 Å². The molecule has 1 aromatic heterocycles. The molecule has 0 fully saturated rings. The van der Waals surface area contributed by atoms with Gasteiger partial charge < -0.3 is 10.5 Å². The van der Waals surface area contributed by atoms with Gasteiger partial charge in [-0.15, -0.1) is 0 Å². The summed E-state index contributed by atoms with van der Waals surface area (Å²) in [6.45, 7) is 0. The molecule has 1 aromatic carbocycles. The second kappa shape index (κ2) is 5.74. The lowest BCUT2D eigenvalue weighted by Crippen LogP contribution is -2.07. The van der Waals surface area contributed by atoms with Crippen LogP contribution in [0.2, 0.25) is 0 Å². The zero-order valence-corrected chi connectivity index (χ0v) is 12.3. The quantitative estimate of drug-likeness (QED) is 0.537. The summed E-state index contributed by atoms with van der Waals surface area (Å²) in [4.78, 5) is 15.4. The molecule has 4 nitrogen and oxygen atoms in total. The second-order valence-corrected chi connectivity index (χ2v) is 5.05. The van der Waals surface area contributed by atoms with Crippen molar-refractivity contribution in [1.29, 1.82) is 0 Å². The van der Waals surface area contributed by atoms with E-state index >= 15 is 0 Å². The first-order valence-electron chi connectivity index (χ1n) is 5.95. The van der Waals surface area contributed by atoms with Crippen molar-refractivity contribution < 1.29 is 18.3 Å². The molecule has 0 aliphatic carbocycles. The molecule has 0 saturated carbocycles. The van der Waals surface area contributed by atoms with Gasteiger partial charge in [-0.1, -0.05) is 21.4 Å². The highest BCUT2D eigenvalue weighted by molar-refractivity contribution is 7.17. The van der Waals surface area contributed by atoms with Gasteiger partial charge in [0.2, 0.25) is 0 Å². The molecule has 0 aliphatic heterocycles. The molecule has 2 aromatic rings. The number of rotatable bonds is 3. The second-order valence-electron chi connectivity index (χ2n) is 4.32. The number of hydrogen-bond acceptors (Lipinski definition) is 4. The molecular formula is C14H13F2N2O2P. The Morgan fingerprint density at radius 3 is 2.62 bits per heavy atom. The van der Waals surface area contributed by atoms with E-state index in [4.69, 9.17) is 5.73 Å². The van der Waals surface area contributed by atoms with Crippen LogP contribution in [0, 0.1) is 0 Å². The standard InChI is InChI=1S/C14H13F2N2O2P/c1-20-13(19)9-6-5-8(7-10(9)17)11-3-2-4-12(18-11)14(15,16)21/h2-7H,17,21H2,1H3. The Morgan fingerprint density at radius 1 is 1.33 bits per heavy atom. The molecule has 2 rings (SSSR count). The van der Waals surface area contributed by atoms with Gasteiger partial charge in [-0.2, -0.15) is 8.78 Å². The van der Waals surface area contributed by atoms with E-state index in [-0.39, 0.29) is 16.9 Å². The van der Waals surface area contributed by atoms with E-state index in [1.807, 2.05) is 0 Å². The normalized spacial score (nSPS) is 11.2. The highest BCUT2D eigenvalue weighted by atomic mass is 31.0. The van der Waals surface area contributed by atoms with Crippen molar-refractivity contribution in [3.63, 3.8) is 0 Å². The molecule has 110 valence electrons. The lowest BCUT2D eigenvalue weighted by molar-refractivity contribution is 0.0602. The minimum absolute atomic E-state index is 0.198. The van der Waals surface area contributed by atoms with Gasteiger partial charge in [0.15, 0.2) is 0 Å². The maximum Gasteiger partial charge on any atom is 0.339 e. The van der Waals surface area contributed by atoms with E-state index in [0.29, 0.717) is 11.3 Å². The Balaban J connectivity index is 2.44. The first-order chi connectivity index (χ1) is 9.82. The lowest BCUT2D eigenvalue weighted by Gasteiger charge is -2.11. The van der Waals surface area contributed by atoms with E-state index in [9.17, 15) is 13.6 Å².